The Balaban J connectivity index is 1.66. The van der Waals surface area contributed by atoms with Gasteiger partial charge in [-0.15, -0.1) is 0 Å². The first-order valence-electron chi connectivity index (χ1n) is 7.76. The average Bonchev–Trinajstić information content (AvgIpc) is 2.48. The molecular formula is C17H21NO4. The Hall–Kier alpha value is -1.91. The number of fused-ring (bicyclic) bond motifs is 2. The molecule has 0 spiro atoms. The SMILES string of the molecule is C[C@H]1[C@@H](OC(=O)c2ccc([N+](=O)[O-])cc2)C[C@@H]2C[C@H]1C2(C)C. The normalized spacial score (nSPS) is 32.0. The molecule has 0 N–H and O–H groups in total. The van der Waals surface area contributed by atoms with Gasteiger partial charge in [0.15, 0.2) is 0 Å². The molecule has 3 aliphatic carbocycles. The van der Waals surface area contributed by atoms with E-state index in [1.165, 1.54) is 30.7 Å². The summed E-state index contributed by atoms with van der Waals surface area (Å²) in [7, 11) is 0. The average molecular weight is 303 g/mol. The molecule has 4 rings (SSSR count). The fourth-order valence-corrected chi connectivity index (χ4v) is 4.18. The molecule has 3 saturated carbocycles. The Morgan fingerprint density at radius 3 is 2.41 bits per heavy atom. The van der Waals surface area contributed by atoms with E-state index in [4.69, 9.17) is 4.74 Å². The molecule has 1 aromatic carbocycles. The molecule has 118 valence electrons. The standard InChI is InChI=1S/C17H21NO4/c1-10-14-8-12(17(14,2)3)9-15(10)22-16(19)11-4-6-13(7-5-11)18(20)21/h4-7,10,12,14-15H,8-9H2,1-3H3/t10-,12+,14-,15+/m1/s1. The highest BCUT2D eigenvalue weighted by Gasteiger charge is 2.57. The molecule has 0 saturated heterocycles. The lowest BCUT2D eigenvalue weighted by Crippen LogP contribution is -2.57. The van der Waals surface area contributed by atoms with Gasteiger partial charge in [-0.2, -0.15) is 0 Å². The van der Waals surface area contributed by atoms with E-state index in [1.54, 1.807) is 0 Å². The summed E-state index contributed by atoms with van der Waals surface area (Å²) in [4.78, 5) is 22.4. The van der Waals surface area contributed by atoms with E-state index in [9.17, 15) is 14.9 Å². The van der Waals surface area contributed by atoms with Crippen molar-refractivity contribution in [3.05, 3.63) is 39.9 Å². The number of carbonyl (C=O) groups excluding carboxylic acids is 1. The van der Waals surface area contributed by atoms with Crippen LogP contribution in [-0.2, 0) is 4.74 Å². The quantitative estimate of drug-likeness (QED) is 0.483. The number of nitrogens with zero attached hydrogens (tertiary/aromatic N) is 1. The number of nitro benzene ring substituents is 1. The van der Waals surface area contributed by atoms with E-state index < -0.39 is 4.92 Å². The summed E-state index contributed by atoms with van der Waals surface area (Å²) < 4.78 is 5.68. The predicted octanol–water partition coefficient (Wildman–Crippen LogP) is 3.82. The monoisotopic (exact) mass is 303 g/mol. The summed E-state index contributed by atoms with van der Waals surface area (Å²) in [6, 6.07) is 5.58. The van der Waals surface area contributed by atoms with Crippen molar-refractivity contribution >= 4 is 11.7 Å². The number of rotatable bonds is 3. The molecule has 5 heteroatoms. The van der Waals surface area contributed by atoms with Gasteiger partial charge < -0.3 is 4.74 Å². The first-order valence-corrected chi connectivity index (χ1v) is 7.76. The van der Waals surface area contributed by atoms with Crippen LogP contribution < -0.4 is 0 Å². The third-order valence-electron chi connectivity index (χ3n) is 5.86. The van der Waals surface area contributed by atoms with E-state index >= 15 is 0 Å². The smallest absolute Gasteiger partial charge is 0.338 e. The Morgan fingerprint density at radius 2 is 1.91 bits per heavy atom. The van der Waals surface area contributed by atoms with Crippen LogP contribution in [0.3, 0.4) is 0 Å². The summed E-state index contributed by atoms with van der Waals surface area (Å²) in [6.07, 6.45) is 2.11. The zero-order valence-corrected chi connectivity index (χ0v) is 13.1. The maximum atomic E-state index is 12.2. The number of hydrogen-bond donors (Lipinski definition) is 0. The number of esters is 1. The lowest BCUT2D eigenvalue weighted by molar-refractivity contribution is -0.384. The molecule has 0 heterocycles. The van der Waals surface area contributed by atoms with Crippen LogP contribution >= 0.6 is 0 Å². The molecule has 0 radical (unpaired) electrons. The molecular weight excluding hydrogens is 282 g/mol. The molecule has 4 atom stereocenters. The highest BCUT2D eigenvalue weighted by Crippen LogP contribution is 2.61. The number of carbonyl (C=O) groups is 1. The van der Waals surface area contributed by atoms with Gasteiger partial charge in [-0.25, -0.2) is 4.79 Å². The first kappa shape index (κ1) is 15.0. The largest absolute Gasteiger partial charge is 0.458 e. The van der Waals surface area contributed by atoms with Gasteiger partial charge in [-0.3, -0.25) is 10.1 Å². The molecule has 22 heavy (non-hydrogen) atoms. The van der Waals surface area contributed by atoms with Crippen molar-refractivity contribution in [3.63, 3.8) is 0 Å². The van der Waals surface area contributed by atoms with Crippen LogP contribution in [0.2, 0.25) is 0 Å². The van der Waals surface area contributed by atoms with Gasteiger partial charge in [-0.05, 0) is 48.1 Å². The van der Waals surface area contributed by atoms with Gasteiger partial charge in [0.2, 0.25) is 0 Å². The molecule has 3 fully saturated rings. The lowest BCUT2D eigenvalue weighted by Gasteiger charge is -2.61. The fourth-order valence-electron chi connectivity index (χ4n) is 4.18. The molecule has 1 aromatic rings. The topological polar surface area (TPSA) is 69.4 Å². The van der Waals surface area contributed by atoms with E-state index in [1.807, 2.05) is 0 Å². The van der Waals surface area contributed by atoms with E-state index in [2.05, 4.69) is 20.8 Å². The van der Waals surface area contributed by atoms with Gasteiger partial charge >= 0.3 is 5.97 Å². The minimum Gasteiger partial charge on any atom is -0.458 e. The molecule has 3 aliphatic rings. The number of ether oxygens (including phenoxy) is 1. The van der Waals surface area contributed by atoms with Gasteiger partial charge in [0.05, 0.1) is 10.5 Å². The van der Waals surface area contributed by atoms with Crippen molar-refractivity contribution in [1.82, 2.24) is 0 Å². The molecule has 2 bridgehead atoms. The van der Waals surface area contributed by atoms with E-state index in [-0.39, 0.29) is 17.8 Å². The Morgan fingerprint density at radius 1 is 1.27 bits per heavy atom. The number of nitro groups is 1. The van der Waals surface area contributed by atoms with Crippen LogP contribution in [0.15, 0.2) is 24.3 Å². The molecule has 5 nitrogen and oxygen atoms in total. The highest BCUT2D eigenvalue weighted by molar-refractivity contribution is 5.89. The van der Waals surface area contributed by atoms with Crippen LogP contribution in [0.25, 0.3) is 0 Å². The summed E-state index contributed by atoms with van der Waals surface area (Å²) >= 11 is 0. The van der Waals surface area contributed by atoms with Gasteiger partial charge in [0.25, 0.3) is 5.69 Å². The number of hydrogen-bond acceptors (Lipinski definition) is 4. The fraction of sp³-hybridized carbons (Fsp3) is 0.588. The maximum absolute atomic E-state index is 12.2. The number of benzene rings is 1. The molecule has 0 aliphatic heterocycles. The van der Waals surface area contributed by atoms with Crippen LogP contribution in [-0.4, -0.2) is 17.0 Å². The van der Waals surface area contributed by atoms with Crippen molar-refractivity contribution in [2.45, 2.75) is 39.7 Å². The highest BCUT2D eigenvalue weighted by atomic mass is 16.6. The van der Waals surface area contributed by atoms with Gasteiger partial charge in [0.1, 0.15) is 6.10 Å². The molecule has 0 amide bonds. The summed E-state index contributed by atoms with van der Waals surface area (Å²) in [5.41, 5.74) is 0.706. The minimum absolute atomic E-state index is 0.0226. The van der Waals surface area contributed by atoms with Crippen LogP contribution in [0, 0.1) is 33.3 Å². The second-order valence-electron chi connectivity index (χ2n) is 7.20. The van der Waals surface area contributed by atoms with Crippen molar-refractivity contribution < 1.29 is 14.5 Å². The zero-order valence-electron chi connectivity index (χ0n) is 13.1. The minimum atomic E-state index is -0.478. The predicted molar refractivity (Wildman–Crippen MR) is 81.5 cm³/mol. The van der Waals surface area contributed by atoms with Crippen LogP contribution in [0.5, 0.6) is 0 Å². The maximum Gasteiger partial charge on any atom is 0.338 e. The van der Waals surface area contributed by atoms with E-state index in [0.717, 1.165) is 6.42 Å². The van der Waals surface area contributed by atoms with Crippen molar-refractivity contribution in [2.75, 3.05) is 0 Å². The Labute approximate surface area is 129 Å². The first-order chi connectivity index (χ1) is 10.3. The summed E-state index contributed by atoms with van der Waals surface area (Å²) in [5.74, 6) is 1.22. The Bertz CT molecular complexity index is 608. The van der Waals surface area contributed by atoms with Gasteiger partial charge in [-0.1, -0.05) is 20.8 Å². The molecule has 0 unspecified atom stereocenters. The van der Waals surface area contributed by atoms with Crippen molar-refractivity contribution in [2.24, 2.45) is 23.2 Å². The third-order valence-corrected chi connectivity index (χ3v) is 5.86. The number of non-ortho nitro benzene ring substituents is 1. The summed E-state index contributed by atoms with van der Waals surface area (Å²) in [6.45, 7) is 6.77. The Kier molecular flexibility index (Phi) is 3.46. The van der Waals surface area contributed by atoms with Crippen molar-refractivity contribution in [3.8, 4) is 0 Å². The third kappa shape index (κ3) is 2.28. The van der Waals surface area contributed by atoms with Crippen LogP contribution in [0.4, 0.5) is 5.69 Å². The zero-order chi connectivity index (χ0) is 16.1. The lowest BCUT2D eigenvalue weighted by atomic mass is 9.45. The summed E-state index contributed by atoms with van der Waals surface area (Å²) in [5, 5.41) is 10.6. The van der Waals surface area contributed by atoms with E-state index in [0.29, 0.717) is 28.7 Å². The van der Waals surface area contributed by atoms with Crippen molar-refractivity contribution in [1.29, 1.82) is 0 Å². The van der Waals surface area contributed by atoms with Gasteiger partial charge in [0, 0.05) is 12.1 Å². The second-order valence-corrected chi connectivity index (χ2v) is 7.20. The molecule has 0 aromatic heterocycles. The second kappa shape index (κ2) is 5.07. The van der Waals surface area contributed by atoms with Crippen LogP contribution in [0.1, 0.15) is 44.0 Å².